The van der Waals surface area contributed by atoms with E-state index >= 15 is 0 Å². The molecule has 47 heavy (non-hydrogen) atoms. The Hall–Kier alpha value is -1.77. The molecule has 3 heteroatoms. The Morgan fingerprint density at radius 1 is 0.532 bits per heavy atom. The first-order valence-electron chi connectivity index (χ1n) is 21.0. The topological polar surface area (TPSA) is 32.3 Å². The number of carbonyl (C=O) groups excluding carboxylic acids is 1. The number of para-hydroxylation sites is 1. The summed E-state index contributed by atoms with van der Waals surface area (Å²) in [5.41, 5.74) is 1.02. The number of benzene rings is 1. The molecule has 0 saturated carbocycles. The van der Waals surface area contributed by atoms with Gasteiger partial charge in [0.2, 0.25) is 0 Å². The summed E-state index contributed by atoms with van der Waals surface area (Å²) in [5.74, 6) is 0. The van der Waals surface area contributed by atoms with Crippen LogP contribution in [0.1, 0.15) is 212 Å². The van der Waals surface area contributed by atoms with Gasteiger partial charge in [0.15, 0.2) is 0 Å². The molecule has 0 bridgehead atoms. The van der Waals surface area contributed by atoms with E-state index in [-0.39, 0.29) is 6.03 Å². The number of amides is 2. The predicted octanol–water partition coefficient (Wildman–Crippen LogP) is 14.9. The lowest BCUT2D eigenvalue weighted by Gasteiger charge is -2.23. The summed E-state index contributed by atoms with van der Waals surface area (Å²) < 4.78 is 0. The number of unbranched alkanes of at least 4 members (excludes halogenated alkanes) is 30. The number of hydrogen-bond donors (Lipinski definition) is 1. The second-order valence-electron chi connectivity index (χ2n) is 14.4. The van der Waals surface area contributed by atoms with Gasteiger partial charge in [0.05, 0.1) is 0 Å². The fourth-order valence-corrected chi connectivity index (χ4v) is 6.78. The first-order valence-corrected chi connectivity index (χ1v) is 21.0. The largest absolute Gasteiger partial charge is 0.338 e. The van der Waals surface area contributed by atoms with Crippen LogP contribution in [0.25, 0.3) is 0 Å². The average Bonchev–Trinajstić information content (AvgIpc) is 3.09. The number of allylic oxidation sites excluding steroid dienone is 1. The molecule has 0 unspecified atom stereocenters. The Bertz CT molecular complexity index is 778. The van der Waals surface area contributed by atoms with E-state index in [1.165, 1.54) is 193 Å². The molecular formula is C44H80N2O. The van der Waals surface area contributed by atoms with E-state index in [9.17, 15) is 4.79 Å². The van der Waals surface area contributed by atoms with Crippen LogP contribution >= 0.6 is 0 Å². The predicted molar refractivity (Wildman–Crippen MR) is 211 cm³/mol. The molecule has 272 valence electrons. The molecule has 0 atom stereocenters. The van der Waals surface area contributed by atoms with Gasteiger partial charge in [-0.25, -0.2) is 4.79 Å². The summed E-state index contributed by atoms with van der Waals surface area (Å²) in [6, 6.07) is 10.3. The van der Waals surface area contributed by atoms with Crippen molar-refractivity contribution in [2.75, 3.05) is 18.0 Å². The molecule has 1 aromatic carbocycles. The number of anilines is 1. The number of nitrogens with zero attached hydrogens (tertiary/aromatic N) is 1. The maximum atomic E-state index is 13.1. The van der Waals surface area contributed by atoms with Gasteiger partial charge in [-0.15, -0.1) is 6.58 Å². The van der Waals surface area contributed by atoms with Gasteiger partial charge in [0, 0.05) is 18.8 Å². The van der Waals surface area contributed by atoms with Crippen LogP contribution in [0.5, 0.6) is 0 Å². The quantitative estimate of drug-likeness (QED) is 0.0568. The van der Waals surface area contributed by atoms with Crippen molar-refractivity contribution in [3.05, 3.63) is 43.0 Å². The van der Waals surface area contributed by atoms with Crippen LogP contribution in [-0.2, 0) is 0 Å². The summed E-state index contributed by atoms with van der Waals surface area (Å²) in [4.78, 5) is 15.1. The number of hydrogen-bond acceptors (Lipinski definition) is 1. The molecule has 1 N–H and O–H groups in total. The third kappa shape index (κ3) is 28.9. The zero-order valence-electron chi connectivity index (χ0n) is 31.6. The van der Waals surface area contributed by atoms with Crippen molar-refractivity contribution in [2.24, 2.45) is 0 Å². The monoisotopic (exact) mass is 653 g/mol. The molecule has 1 rings (SSSR count). The SMILES string of the molecule is C=CCCCCCCCCCCCCCCCCCN(C(=O)NCCCCCCCCCCCCCCCCCC)c1ccccc1. The number of nitrogens with one attached hydrogen (secondary N) is 1. The van der Waals surface area contributed by atoms with Crippen LogP contribution in [0.15, 0.2) is 43.0 Å². The molecular weight excluding hydrogens is 572 g/mol. The molecule has 2 amide bonds. The molecule has 0 spiro atoms. The molecule has 0 heterocycles. The van der Waals surface area contributed by atoms with E-state index in [0.29, 0.717) is 0 Å². The molecule has 0 fully saturated rings. The van der Waals surface area contributed by atoms with E-state index in [1.807, 2.05) is 29.2 Å². The first kappa shape index (κ1) is 43.3. The van der Waals surface area contributed by atoms with Crippen LogP contribution in [0.3, 0.4) is 0 Å². The van der Waals surface area contributed by atoms with Crippen molar-refractivity contribution in [3.63, 3.8) is 0 Å². The van der Waals surface area contributed by atoms with Gasteiger partial charge in [0.25, 0.3) is 0 Å². The zero-order chi connectivity index (χ0) is 33.7. The van der Waals surface area contributed by atoms with Gasteiger partial charge in [-0.05, 0) is 37.8 Å². The standard InChI is InChI=1S/C44H80N2O/c1-3-5-7-9-11-13-15-17-19-21-23-25-27-29-31-33-38-42-46(43-39-35-34-36-40-43)44(47)45-41-37-32-30-28-26-24-22-20-18-16-14-12-10-8-6-4-2/h3,34-36,39-40H,1,4-33,37-38,41-42H2,2H3,(H,45,47). The Morgan fingerprint density at radius 2 is 0.894 bits per heavy atom. The molecule has 0 aliphatic heterocycles. The van der Waals surface area contributed by atoms with Crippen LogP contribution in [-0.4, -0.2) is 19.1 Å². The molecule has 0 aliphatic rings. The lowest BCUT2D eigenvalue weighted by Crippen LogP contribution is -2.41. The van der Waals surface area contributed by atoms with Crippen molar-refractivity contribution in [1.82, 2.24) is 5.32 Å². The second kappa shape index (κ2) is 35.5. The highest BCUT2D eigenvalue weighted by Crippen LogP contribution is 2.18. The molecule has 0 aromatic heterocycles. The lowest BCUT2D eigenvalue weighted by molar-refractivity contribution is 0.246. The molecule has 0 radical (unpaired) electrons. The average molecular weight is 653 g/mol. The second-order valence-corrected chi connectivity index (χ2v) is 14.4. The molecule has 1 aromatic rings. The summed E-state index contributed by atoms with van der Waals surface area (Å²) in [6.07, 6.45) is 45.5. The number of carbonyl (C=O) groups is 1. The van der Waals surface area contributed by atoms with Crippen LogP contribution in [0.2, 0.25) is 0 Å². The minimum atomic E-state index is 0.0739. The van der Waals surface area contributed by atoms with Crippen LogP contribution in [0, 0.1) is 0 Å². The van der Waals surface area contributed by atoms with Crippen LogP contribution in [0.4, 0.5) is 10.5 Å². The fraction of sp³-hybridized carbons (Fsp3) is 0.795. The normalized spacial score (nSPS) is 11.2. The fourth-order valence-electron chi connectivity index (χ4n) is 6.78. The maximum Gasteiger partial charge on any atom is 0.321 e. The van der Waals surface area contributed by atoms with Gasteiger partial charge in [-0.1, -0.05) is 211 Å². The third-order valence-corrected chi connectivity index (χ3v) is 9.91. The smallest absolute Gasteiger partial charge is 0.321 e. The lowest BCUT2D eigenvalue weighted by atomic mass is 10.0. The van der Waals surface area contributed by atoms with Gasteiger partial charge in [-0.2, -0.15) is 0 Å². The molecule has 0 saturated heterocycles. The summed E-state index contributed by atoms with van der Waals surface area (Å²) in [7, 11) is 0. The summed E-state index contributed by atoms with van der Waals surface area (Å²) in [6.45, 7) is 7.70. The first-order chi connectivity index (χ1) is 23.3. The minimum Gasteiger partial charge on any atom is -0.338 e. The zero-order valence-corrected chi connectivity index (χ0v) is 31.6. The van der Waals surface area contributed by atoms with Gasteiger partial charge >= 0.3 is 6.03 Å². The molecule has 0 aliphatic carbocycles. The Kier molecular flexibility index (Phi) is 32.7. The van der Waals surface area contributed by atoms with Gasteiger partial charge in [0.1, 0.15) is 0 Å². The Morgan fingerprint density at radius 3 is 1.30 bits per heavy atom. The highest BCUT2D eigenvalue weighted by Gasteiger charge is 2.14. The van der Waals surface area contributed by atoms with Crippen molar-refractivity contribution in [1.29, 1.82) is 0 Å². The van der Waals surface area contributed by atoms with Gasteiger partial charge < -0.3 is 5.32 Å². The van der Waals surface area contributed by atoms with E-state index in [1.54, 1.807) is 0 Å². The summed E-state index contributed by atoms with van der Waals surface area (Å²) in [5, 5.41) is 3.22. The Balaban J connectivity index is 2.00. The highest BCUT2D eigenvalue weighted by molar-refractivity contribution is 5.91. The van der Waals surface area contributed by atoms with Crippen molar-refractivity contribution in [3.8, 4) is 0 Å². The van der Waals surface area contributed by atoms with E-state index in [0.717, 1.165) is 31.6 Å². The van der Waals surface area contributed by atoms with E-state index < -0.39 is 0 Å². The minimum absolute atomic E-state index is 0.0739. The molecule has 3 nitrogen and oxygen atoms in total. The van der Waals surface area contributed by atoms with Gasteiger partial charge in [-0.3, -0.25) is 4.90 Å². The van der Waals surface area contributed by atoms with Crippen molar-refractivity contribution < 1.29 is 4.79 Å². The number of urea groups is 1. The highest BCUT2D eigenvalue weighted by atomic mass is 16.2. The summed E-state index contributed by atoms with van der Waals surface area (Å²) >= 11 is 0. The van der Waals surface area contributed by atoms with Crippen LogP contribution < -0.4 is 10.2 Å². The van der Waals surface area contributed by atoms with E-state index in [4.69, 9.17) is 0 Å². The van der Waals surface area contributed by atoms with E-state index in [2.05, 4.69) is 31.0 Å². The van der Waals surface area contributed by atoms with Crippen molar-refractivity contribution >= 4 is 11.7 Å². The third-order valence-electron chi connectivity index (χ3n) is 9.91. The Labute approximate surface area is 294 Å². The van der Waals surface area contributed by atoms with Crippen molar-refractivity contribution in [2.45, 2.75) is 212 Å². The maximum absolute atomic E-state index is 13.1. The number of rotatable bonds is 36.